The second-order valence-corrected chi connectivity index (χ2v) is 5.19. The fourth-order valence-electron chi connectivity index (χ4n) is 2.37. The van der Waals surface area contributed by atoms with Crippen LogP contribution >= 0.6 is 0 Å². The highest BCUT2D eigenvalue weighted by Crippen LogP contribution is 2.31. The van der Waals surface area contributed by atoms with Crippen LogP contribution in [0.4, 0.5) is 4.39 Å². The highest BCUT2D eigenvalue weighted by Gasteiger charge is 2.29. The van der Waals surface area contributed by atoms with Crippen LogP contribution in [0.25, 0.3) is 0 Å². The third kappa shape index (κ3) is 3.03. The van der Waals surface area contributed by atoms with Crippen molar-refractivity contribution in [1.29, 1.82) is 0 Å². The standard InChI is InChI=1S/C17H16FNO3/c1-19(10-12-5-4-6-13(18)9-12)17(20)16-11-21-14-7-2-3-8-15(14)22-16/h2-9,16H,10-11H2,1H3/t16-/m0/s1. The average molecular weight is 301 g/mol. The van der Waals surface area contributed by atoms with Crippen LogP contribution in [0.1, 0.15) is 5.56 Å². The van der Waals surface area contributed by atoms with Crippen molar-refractivity contribution in [3.05, 3.63) is 59.9 Å². The van der Waals surface area contributed by atoms with E-state index in [1.165, 1.54) is 17.0 Å². The molecule has 0 aliphatic carbocycles. The van der Waals surface area contributed by atoms with E-state index in [0.29, 0.717) is 18.0 Å². The van der Waals surface area contributed by atoms with Gasteiger partial charge in [0.1, 0.15) is 12.4 Å². The summed E-state index contributed by atoms with van der Waals surface area (Å²) in [6, 6.07) is 13.4. The van der Waals surface area contributed by atoms with Gasteiger partial charge in [0, 0.05) is 13.6 Å². The van der Waals surface area contributed by atoms with Gasteiger partial charge in [0.25, 0.3) is 5.91 Å². The van der Waals surface area contributed by atoms with Crippen molar-refractivity contribution in [1.82, 2.24) is 4.90 Å². The predicted octanol–water partition coefficient (Wildman–Crippen LogP) is 2.62. The molecule has 0 unspecified atom stereocenters. The van der Waals surface area contributed by atoms with Gasteiger partial charge in [-0.25, -0.2) is 4.39 Å². The van der Waals surface area contributed by atoms with Gasteiger partial charge >= 0.3 is 0 Å². The first-order valence-electron chi connectivity index (χ1n) is 7.01. The molecule has 2 aromatic rings. The van der Waals surface area contributed by atoms with E-state index in [1.54, 1.807) is 31.3 Å². The molecular formula is C17H16FNO3. The van der Waals surface area contributed by atoms with Crippen LogP contribution in [0.3, 0.4) is 0 Å². The van der Waals surface area contributed by atoms with E-state index in [-0.39, 0.29) is 18.3 Å². The molecule has 1 heterocycles. The summed E-state index contributed by atoms with van der Waals surface area (Å²) in [7, 11) is 1.66. The molecule has 1 amide bonds. The number of nitrogens with zero attached hydrogens (tertiary/aromatic N) is 1. The van der Waals surface area contributed by atoms with Crippen molar-refractivity contribution in [2.24, 2.45) is 0 Å². The van der Waals surface area contributed by atoms with Gasteiger partial charge in [-0.15, -0.1) is 0 Å². The number of benzene rings is 2. The lowest BCUT2D eigenvalue weighted by atomic mass is 10.2. The first-order valence-corrected chi connectivity index (χ1v) is 7.01. The summed E-state index contributed by atoms with van der Waals surface area (Å²) < 4.78 is 24.4. The quantitative estimate of drug-likeness (QED) is 0.875. The van der Waals surface area contributed by atoms with E-state index in [9.17, 15) is 9.18 Å². The van der Waals surface area contributed by atoms with Crippen LogP contribution in [0, 0.1) is 5.82 Å². The molecular weight excluding hydrogens is 285 g/mol. The second kappa shape index (κ2) is 6.05. The maximum atomic E-state index is 13.2. The fourth-order valence-corrected chi connectivity index (χ4v) is 2.37. The van der Waals surface area contributed by atoms with Gasteiger partial charge in [-0.2, -0.15) is 0 Å². The number of ether oxygens (including phenoxy) is 2. The summed E-state index contributed by atoms with van der Waals surface area (Å²) in [5.41, 5.74) is 0.730. The van der Waals surface area contributed by atoms with Crippen molar-refractivity contribution < 1.29 is 18.7 Å². The summed E-state index contributed by atoms with van der Waals surface area (Å²) in [4.78, 5) is 13.9. The number of hydrogen-bond acceptors (Lipinski definition) is 3. The summed E-state index contributed by atoms with van der Waals surface area (Å²) in [6.45, 7) is 0.488. The summed E-state index contributed by atoms with van der Waals surface area (Å²) in [5.74, 6) is 0.689. The number of rotatable bonds is 3. The van der Waals surface area contributed by atoms with Crippen molar-refractivity contribution in [2.45, 2.75) is 12.6 Å². The molecule has 0 fully saturated rings. The number of carbonyl (C=O) groups is 1. The zero-order valence-electron chi connectivity index (χ0n) is 12.2. The Morgan fingerprint density at radius 1 is 1.23 bits per heavy atom. The Labute approximate surface area is 128 Å². The summed E-state index contributed by atoms with van der Waals surface area (Å²) in [5, 5.41) is 0. The van der Waals surface area contributed by atoms with E-state index in [1.807, 2.05) is 12.1 Å². The molecule has 2 aromatic carbocycles. The molecule has 1 aliphatic heterocycles. The molecule has 3 rings (SSSR count). The van der Waals surface area contributed by atoms with Crippen molar-refractivity contribution >= 4 is 5.91 Å². The lowest BCUT2D eigenvalue weighted by molar-refractivity contribution is -0.140. The van der Waals surface area contributed by atoms with Gasteiger partial charge in [-0.1, -0.05) is 24.3 Å². The van der Waals surface area contributed by atoms with Crippen LogP contribution < -0.4 is 9.47 Å². The van der Waals surface area contributed by atoms with Gasteiger partial charge in [-0.05, 0) is 29.8 Å². The number of hydrogen-bond donors (Lipinski definition) is 0. The molecule has 0 radical (unpaired) electrons. The Balaban J connectivity index is 1.67. The Kier molecular flexibility index (Phi) is 3.96. The number of fused-ring (bicyclic) bond motifs is 1. The minimum atomic E-state index is -0.687. The topological polar surface area (TPSA) is 38.8 Å². The van der Waals surface area contributed by atoms with Crippen LogP contribution in [0.5, 0.6) is 11.5 Å². The largest absolute Gasteiger partial charge is 0.485 e. The third-order valence-corrected chi connectivity index (χ3v) is 3.47. The summed E-state index contributed by atoms with van der Waals surface area (Å²) in [6.07, 6.45) is -0.687. The molecule has 4 nitrogen and oxygen atoms in total. The maximum Gasteiger partial charge on any atom is 0.267 e. The maximum absolute atomic E-state index is 13.2. The number of para-hydroxylation sites is 2. The van der Waals surface area contributed by atoms with E-state index >= 15 is 0 Å². The molecule has 0 saturated heterocycles. The number of amides is 1. The van der Waals surface area contributed by atoms with Gasteiger partial charge in [0.15, 0.2) is 11.5 Å². The molecule has 1 aliphatic rings. The van der Waals surface area contributed by atoms with Crippen molar-refractivity contribution in [3.63, 3.8) is 0 Å². The first-order chi connectivity index (χ1) is 10.6. The zero-order valence-corrected chi connectivity index (χ0v) is 12.2. The highest BCUT2D eigenvalue weighted by atomic mass is 19.1. The number of halogens is 1. The monoisotopic (exact) mass is 301 g/mol. The smallest absolute Gasteiger partial charge is 0.267 e. The van der Waals surface area contributed by atoms with Gasteiger partial charge in [-0.3, -0.25) is 4.79 Å². The number of likely N-dealkylation sites (N-methyl/N-ethyl adjacent to an activating group) is 1. The molecule has 1 atom stereocenters. The van der Waals surface area contributed by atoms with Gasteiger partial charge in [0.2, 0.25) is 6.10 Å². The van der Waals surface area contributed by atoms with E-state index in [2.05, 4.69) is 0 Å². The third-order valence-electron chi connectivity index (χ3n) is 3.47. The lowest BCUT2D eigenvalue weighted by Crippen LogP contribution is -2.44. The van der Waals surface area contributed by atoms with Crippen molar-refractivity contribution in [2.75, 3.05) is 13.7 Å². The minimum Gasteiger partial charge on any atom is -0.485 e. The number of carbonyl (C=O) groups excluding carboxylic acids is 1. The predicted molar refractivity (Wildman–Crippen MR) is 79.2 cm³/mol. The van der Waals surface area contributed by atoms with Crippen LogP contribution in [0.2, 0.25) is 0 Å². The highest BCUT2D eigenvalue weighted by molar-refractivity contribution is 5.81. The minimum absolute atomic E-state index is 0.170. The summed E-state index contributed by atoms with van der Waals surface area (Å²) >= 11 is 0. The first kappa shape index (κ1) is 14.4. The Hall–Kier alpha value is -2.56. The average Bonchev–Trinajstić information content (AvgIpc) is 2.53. The molecule has 5 heteroatoms. The zero-order chi connectivity index (χ0) is 15.5. The fraction of sp³-hybridized carbons (Fsp3) is 0.235. The second-order valence-electron chi connectivity index (χ2n) is 5.19. The normalized spacial score (nSPS) is 16.2. The van der Waals surface area contributed by atoms with Gasteiger partial charge in [0.05, 0.1) is 0 Å². The van der Waals surface area contributed by atoms with Crippen molar-refractivity contribution in [3.8, 4) is 11.5 Å². The van der Waals surface area contributed by atoms with Crippen LogP contribution in [0.15, 0.2) is 48.5 Å². The van der Waals surface area contributed by atoms with Crippen LogP contribution in [-0.2, 0) is 11.3 Å². The van der Waals surface area contributed by atoms with Crippen LogP contribution in [-0.4, -0.2) is 30.6 Å². The molecule has 0 saturated carbocycles. The molecule has 0 spiro atoms. The lowest BCUT2D eigenvalue weighted by Gasteiger charge is -2.28. The molecule has 0 bridgehead atoms. The van der Waals surface area contributed by atoms with Gasteiger partial charge < -0.3 is 14.4 Å². The van der Waals surface area contributed by atoms with E-state index in [0.717, 1.165) is 5.56 Å². The van der Waals surface area contributed by atoms with E-state index < -0.39 is 6.10 Å². The molecule has 114 valence electrons. The Bertz CT molecular complexity index is 689. The SMILES string of the molecule is CN(Cc1cccc(F)c1)C(=O)[C@@H]1COc2ccccc2O1. The Morgan fingerprint density at radius 2 is 2.00 bits per heavy atom. The molecule has 0 N–H and O–H groups in total. The van der Waals surface area contributed by atoms with E-state index in [4.69, 9.17) is 9.47 Å². The molecule has 22 heavy (non-hydrogen) atoms. The Morgan fingerprint density at radius 3 is 2.77 bits per heavy atom. The molecule has 0 aromatic heterocycles.